The molecule has 2 aromatic heterocycles. The lowest BCUT2D eigenvalue weighted by atomic mass is 9.98. The predicted molar refractivity (Wildman–Crippen MR) is 153 cm³/mol. The van der Waals surface area contributed by atoms with Crippen molar-refractivity contribution in [1.29, 1.82) is 0 Å². The van der Waals surface area contributed by atoms with E-state index >= 15 is 0 Å². The molecule has 3 heterocycles. The number of aryl methyl sites for hydroxylation is 3. The highest BCUT2D eigenvalue weighted by molar-refractivity contribution is 7.15. The molecule has 0 bridgehead atoms. The molecule has 3 atom stereocenters. The Balaban J connectivity index is 1.25. The quantitative estimate of drug-likeness (QED) is 0.230. The van der Waals surface area contributed by atoms with Gasteiger partial charge in [0.05, 0.1) is 0 Å². The Hall–Kier alpha value is -2.50. The smallest absolute Gasteiger partial charge is 0.119 e. The van der Waals surface area contributed by atoms with E-state index in [1.54, 1.807) is 18.3 Å². The van der Waals surface area contributed by atoms with E-state index in [-0.39, 0.29) is 18.3 Å². The standard InChI is InChI=1S/C32H32O2S2/c1-19-17-20(2)35-32(19)26-12-8-11-25(26)27-18-28(36-21(27)3)22-13-15-24(16-14-22)29(33-4)31-30(34-31)23-9-6-5-7-10-23/h5-7,9-10,13-18,29-31H,8,11-12H2,1-4H3. The van der Waals surface area contributed by atoms with E-state index < -0.39 is 0 Å². The number of ether oxygens (including phenoxy) is 2. The first-order valence-electron chi connectivity index (χ1n) is 12.8. The first-order valence-corrected chi connectivity index (χ1v) is 14.4. The number of allylic oxidation sites excluding steroid dienone is 2. The van der Waals surface area contributed by atoms with Crippen molar-refractivity contribution in [3.8, 4) is 10.4 Å². The summed E-state index contributed by atoms with van der Waals surface area (Å²) in [7, 11) is 1.78. The molecule has 0 N–H and O–H groups in total. The summed E-state index contributed by atoms with van der Waals surface area (Å²) < 4.78 is 11.9. The van der Waals surface area contributed by atoms with Crippen molar-refractivity contribution in [2.75, 3.05) is 7.11 Å². The summed E-state index contributed by atoms with van der Waals surface area (Å²) in [6, 6.07) is 24.1. The Bertz CT molecular complexity index is 1410. The van der Waals surface area contributed by atoms with Gasteiger partial charge in [-0.2, -0.15) is 0 Å². The number of methoxy groups -OCH3 is 1. The van der Waals surface area contributed by atoms with Crippen LogP contribution in [0.2, 0.25) is 0 Å². The Morgan fingerprint density at radius 1 is 0.889 bits per heavy atom. The van der Waals surface area contributed by atoms with Gasteiger partial charge in [0, 0.05) is 26.6 Å². The highest BCUT2D eigenvalue weighted by Gasteiger charge is 2.46. The number of epoxide rings is 1. The largest absolute Gasteiger partial charge is 0.374 e. The number of thiophene rings is 2. The van der Waals surface area contributed by atoms with Crippen LogP contribution in [-0.4, -0.2) is 13.2 Å². The first kappa shape index (κ1) is 23.9. The van der Waals surface area contributed by atoms with Gasteiger partial charge < -0.3 is 9.47 Å². The van der Waals surface area contributed by atoms with Gasteiger partial charge in [-0.3, -0.25) is 0 Å². The van der Waals surface area contributed by atoms with Crippen LogP contribution in [0, 0.1) is 20.8 Å². The molecule has 4 aromatic rings. The average molecular weight is 513 g/mol. The number of benzene rings is 2. The van der Waals surface area contributed by atoms with Crippen molar-refractivity contribution in [2.45, 2.75) is 58.3 Å². The molecule has 36 heavy (non-hydrogen) atoms. The zero-order chi connectivity index (χ0) is 24.8. The molecule has 6 rings (SSSR count). The molecule has 4 heteroatoms. The molecule has 3 unspecified atom stereocenters. The maximum absolute atomic E-state index is 6.03. The van der Waals surface area contributed by atoms with E-state index in [1.165, 1.54) is 66.6 Å². The Labute approximate surface area is 222 Å². The maximum Gasteiger partial charge on any atom is 0.119 e. The highest BCUT2D eigenvalue weighted by Crippen LogP contribution is 2.48. The normalized spacial score (nSPS) is 20.2. The molecular weight excluding hydrogens is 480 g/mol. The summed E-state index contributed by atoms with van der Waals surface area (Å²) in [5.41, 5.74) is 9.68. The summed E-state index contributed by atoms with van der Waals surface area (Å²) >= 11 is 3.87. The van der Waals surface area contributed by atoms with Crippen LogP contribution in [0.3, 0.4) is 0 Å². The zero-order valence-corrected chi connectivity index (χ0v) is 23.0. The maximum atomic E-state index is 6.03. The zero-order valence-electron chi connectivity index (χ0n) is 21.3. The minimum Gasteiger partial charge on any atom is -0.374 e. The van der Waals surface area contributed by atoms with E-state index in [1.807, 2.05) is 28.7 Å². The molecule has 0 amide bonds. The van der Waals surface area contributed by atoms with Gasteiger partial charge in [0.1, 0.15) is 18.3 Å². The topological polar surface area (TPSA) is 21.8 Å². The van der Waals surface area contributed by atoms with Crippen molar-refractivity contribution in [1.82, 2.24) is 0 Å². The average Bonchev–Trinajstić information content (AvgIpc) is 3.17. The molecule has 2 nitrogen and oxygen atoms in total. The van der Waals surface area contributed by atoms with Gasteiger partial charge in [0.2, 0.25) is 0 Å². The van der Waals surface area contributed by atoms with Gasteiger partial charge in [0.25, 0.3) is 0 Å². The number of rotatable bonds is 7. The van der Waals surface area contributed by atoms with Crippen molar-refractivity contribution in [2.24, 2.45) is 0 Å². The monoisotopic (exact) mass is 512 g/mol. The molecular formula is C32H32O2S2. The first-order chi connectivity index (χ1) is 17.5. The fourth-order valence-corrected chi connectivity index (χ4v) is 7.90. The van der Waals surface area contributed by atoms with E-state index in [0.29, 0.717) is 0 Å². The van der Waals surface area contributed by atoms with Gasteiger partial charge in [0.15, 0.2) is 0 Å². The van der Waals surface area contributed by atoms with Crippen LogP contribution >= 0.6 is 22.7 Å². The molecule has 1 saturated heterocycles. The molecule has 0 saturated carbocycles. The third-order valence-corrected chi connectivity index (χ3v) is 9.82. The molecule has 1 aliphatic carbocycles. The summed E-state index contributed by atoms with van der Waals surface area (Å²) in [5, 5.41) is 0. The Kier molecular flexibility index (Phi) is 6.47. The summed E-state index contributed by atoms with van der Waals surface area (Å²) in [6.45, 7) is 6.76. The Morgan fingerprint density at radius 2 is 1.64 bits per heavy atom. The molecule has 2 aliphatic rings. The summed E-state index contributed by atoms with van der Waals surface area (Å²) in [4.78, 5) is 5.66. The van der Waals surface area contributed by atoms with Crippen molar-refractivity contribution in [3.05, 3.63) is 104 Å². The summed E-state index contributed by atoms with van der Waals surface area (Å²) in [5.74, 6) is 0. The van der Waals surface area contributed by atoms with Crippen LogP contribution in [-0.2, 0) is 9.47 Å². The van der Waals surface area contributed by atoms with Crippen LogP contribution in [0.25, 0.3) is 21.6 Å². The molecule has 1 fully saturated rings. The van der Waals surface area contributed by atoms with Gasteiger partial charge in [-0.1, -0.05) is 54.6 Å². The molecule has 0 radical (unpaired) electrons. The van der Waals surface area contributed by atoms with E-state index in [4.69, 9.17) is 9.47 Å². The van der Waals surface area contributed by atoms with E-state index in [2.05, 4.69) is 81.4 Å². The lowest BCUT2D eigenvalue weighted by Gasteiger charge is -2.14. The van der Waals surface area contributed by atoms with Crippen LogP contribution < -0.4 is 0 Å². The number of hydrogen-bond donors (Lipinski definition) is 0. The SMILES string of the molecule is COC(c1ccc(-c2cc(C3=C(c4sc(C)cc4C)CCC3)c(C)s2)cc1)C1OC1c1ccccc1. The lowest BCUT2D eigenvalue weighted by molar-refractivity contribution is 0.0761. The number of hydrogen-bond acceptors (Lipinski definition) is 4. The minimum atomic E-state index is -0.0615. The molecule has 0 spiro atoms. The summed E-state index contributed by atoms with van der Waals surface area (Å²) in [6.07, 6.45) is 3.75. The second-order valence-corrected chi connectivity index (χ2v) is 12.5. The fraction of sp³-hybridized carbons (Fsp3) is 0.312. The second-order valence-electron chi connectivity index (χ2n) is 9.97. The molecule has 1 aliphatic heterocycles. The van der Waals surface area contributed by atoms with Gasteiger partial charge in [-0.15, -0.1) is 22.7 Å². The van der Waals surface area contributed by atoms with Gasteiger partial charge in [-0.05, 0) is 91.1 Å². The van der Waals surface area contributed by atoms with E-state index in [9.17, 15) is 0 Å². The minimum absolute atomic E-state index is 0.0615. The van der Waals surface area contributed by atoms with Gasteiger partial charge in [-0.25, -0.2) is 0 Å². The van der Waals surface area contributed by atoms with Crippen LogP contribution in [0.1, 0.15) is 68.4 Å². The third kappa shape index (κ3) is 4.41. The molecule has 2 aromatic carbocycles. The fourth-order valence-electron chi connectivity index (χ4n) is 5.72. The van der Waals surface area contributed by atoms with Crippen molar-refractivity contribution in [3.63, 3.8) is 0 Å². The van der Waals surface area contributed by atoms with Crippen molar-refractivity contribution >= 4 is 33.8 Å². The van der Waals surface area contributed by atoms with Crippen LogP contribution in [0.15, 0.2) is 66.7 Å². The van der Waals surface area contributed by atoms with Crippen molar-refractivity contribution < 1.29 is 9.47 Å². The van der Waals surface area contributed by atoms with Crippen LogP contribution in [0.5, 0.6) is 0 Å². The van der Waals surface area contributed by atoms with E-state index in [0.717, 1.165) is 0 Å². The molecule has 184 valence electrons. The predicted octanol–water partition coefficient (Wildman–Crippen LogP) is 9.32. The van der Waals surface area contributed by atoms with Gasteiger partial charge >= 0.3 is 0 Å². The third-order valence-electron chi connectivity index (χ3n) is 7.51. The van der Waals surface area contributed by atoms with Crippen LogP contribution in [0.4, 0.5) is 0 Å². The second kappa shape index (κ2) is 9.75. The highest BCUT2D eigenvalue weighted by atomic mass is 32.1. The Morgan fingerprint density at radius 3 is 2.33 bits per heavy atom. The lowest BCUT2D eigenvalue weighted by Crippen LogP contribution is -2.09.